The van der Waals surface area contributed by atoms with Crippen LogP contribution >= 0.6 is 0 Å². The first kappa shape index (κ1) is 13.8. The van der Waals surface area contributed by atoms with Gasteiger partial charge in [-0.05, 0) is 24.0 Å². The van der Waals surface area contributed by atoms with Crippen molar-refractivity contribution in [2.45, 2.75) is 51.4 Å². The van der Waals surface area contributed by atoms with Gasteiger partial charge in [-0.1, -0.05) is 56.4 Å². The first-order valence-corrected chi connectivity index (χ1v) is 7.20. The first-order valence-electron chi connectivity index (χ1n) is 7.20. The monoisotopic (exact) mass is 255 g/mol. The van der Waals surface area contributed by atoms with E-state index in [0.29, 0.717) is 12.3 Å². The van der Waals surface area contributed by atoms with Gasteiger partial charge in [-0.3, -0.25) is 4.79 Å². The molecule has 1 atom stereocenters. The van der Waals surface area contributed by atoms with Crippen LogP contribution in [0.2, 0.25) is 0 Å². The van der Waals surface area contributed by atoms with Crippen molar-refractivity contribution in [3.05, 3.63) is 35.4 Å². The van der Waals surface area contributed by atoms with Gasteiger partial charge in [0, 0.05) is 6.42 Å². The van der Waals surface area contributed by atoms with Crippen LogP contribution in [0, 0.1) is 24.2 Å². The second kappa shape index (κ2) is 6.52. The number of Topliss-reactive ketones (excluding diaryl/α,β-unsaturated/α-hetero) is 1. The standard InChI is InChI=1S/C17H21NO/c1-13-7-5-6-10-15(13)16(12-18)17(19)11-14-8-3-2-4-9-14/h5-7,10,14,16H,2-4,8-9,11H2,1H3. The zero-order valence-corrected chi connectivity index (χ0v) is 11.6. The Morgan fingerprint density at radius 1 is 1.32 bits per heavy atom. The van der Waals surface area contributed by atoms with E-state index in [9.17, 15) is 10.1 Å². The molecule has 2 rings (SSSR count). The highest BCUT2D eigenvalue weighted by atomic mass is 16.1. The lowest BCUT2D eigenvalue weighted by atomic mass is 9.82. The highest BCUT2D eigenvalue weighted by Crippen LogP contribution is 2.30. The lowest BCUT2D eigenvalue weighted by Gasteiger charge is -2.22. The highest BCUT2D eigenvalue weighted by molar-refractivity contribution is 5.88. The molecular weight excluding hydrogens is 234 g/mol. The molecule has 2 nitrogen and oxygen atoms in total. The topological polar surface area (TPSA) is 40.9 Å². The quantitative estimate of drug-likeness (QED) is 0.811. The summed E-state index contributed by atoms with van der Waals surface area (Å²) in [5, 5.41) is 9.33. The fourth-order valence-electron chi connectivity index (χ4n) is 3.02. The van der Waals surface area contributed by atoms with E-state index in [1.54, 1.807) is 0 Å². The van der Waals surface area contributed by atoms with E-state index >= 15 is 0 Å². The maximum atomic E-state index is 12.4. The Kier molecular flexibility index (Phi) is 4.74. The summed E-state index contributed by atoms with van der Waals surface area (Å²) in [5.41, 5.74) is 1.91. The van der Waals surface area contributed by atoms with Gasteiger partial charge in [0.15, 0.2) is 5.78 Å². The summed E-state index contributed by atoms with van der Waals surface area (Å²) in [6, 6.07) is 9.92. The van der Waals surface area contributed by atoms with Gasteiger partial charge in [-0.25, -0.2) is 0 Å². The minimum atomic E-state index is -0.580. The van der Waals surface area contributed by atoms with Crippen LogP contribution < -0.4 is 0 Å². The molecule has 0 bridgehead atoms. The second-order valence-electron chi connectivity index (χ2n) is 5.59. The second-order valence-corrected chi connectivity index (χ2v) is 5.59. The first-order chi connectivity index (χ1) is 9.22. The Labute approximate surface area is 115 Å². The largest absolute Gasteiger partial charge is 0.298 e. The number of benzene rings is 1. The maximum Gasteiger partial charge on any atom is 0.154 e. The molecule has 1 aromatic carbocycles. The highest BCUT2D eigenvalue weighted by Gasteiger charge is 2.25. The Morgan fingerprint density at radius 2 is 2.00 bits per heavy atom. The molecule has 0 N–H and O–H groups in total. The van der Waals surface area contributed by atoms with Gasteiger partial charge in [-0.15, -0.1) is 0 Å². The van der Waals surface area contributed by atoms with Crippen LogP contribution in [0.5, 0.6) is 0 Å². The smallest absolute Gasteiger partial charge is 0.154 e. The van der Waals surface area contributed by atoms with Gasteiger partial charge in [0.25, 0.3) is 0 Å². The normalized spacial score (nSPS) is 17.7. The Hall–Kier alpha value is -1.62. The number of ketones is 1. The van der Waals surface area contributed by atoms with Crippen LogP contribution in [0.25, 0.3) is 0 Å². The average Bonchev–Trinajstić information content (AvgIpc) is 2.43. The van der Waals surface area contributed by atoms with E-state index in [4.69, 9.17) is 0 Å². The van der Waals surface area contributed by atoms with Gasteiger partial charge in [0.1, 0.15) is 5.92 Å². The van der Waals surface area contributed by atoms with Gasteiger partial charge < -0.3 is 0 Å². The van der Waals surface area contributed by atoms with Crippen molar-refractivity contribution in [3.8, 4) is 6.07 Å². The van der Waals surface area contributed by atoms with Crippen molar-refractivity contribution in [2.24, 2.45) is 5.92 Å². The molecule has 2 heteroatoms. The molecule has 1 aliphatic rings. The number of aryl methyl sites for hydroxylation is 1. The van der Waals surface area contributed by atoms with E-state index in [0.717, 1.165) is 24.0 Å². The summed E-state index contributed by atoms with van der Waals surface area (Å²) < 4.78 is 0. The molecule has 1 aliphatic carbocycles. The number of nitrogens with zero attached hydrogens (tertiary/aromatic N) is 1. The molecule has 100 valence electrons. The molecule has 1 aromatic rings. The van der Waals surface area contributed by atoms with Gasteiger partial charge in [-0.2, -0.15) is 5.26 Å². The predicted molar refractivity (Wildman–Crippen MR) is 75.7 cm³/mol. The average molecular weight is 255 g/mol. The molecule has 0 saturated heterocycles. The Balaban J connectivity index is 2.07. The van der Waals surface area contributed by atoms with E-state index < -0.39 is 5.92 Å². The molecular formula is C17H21NO. The third-order valence-corrected chi connectivity index (χ3v) is 4.17. The number of hydrogen-bond acceptors (Lipinski definition) is 2. The summed E-state index contributed by atoms with van der Waals surface area (Å²) in [6.45, 7) is 1.97. The molecule has 19 heavy (non-hydrogen) atoms. The lowest BCUT2D eigenvalue weighted by Crippen LogP contribution is -2.18. The fraction of sp³-hybridized carbons (Fsp3) is 0.529. The van der Waals surface area contributed by atoms with Crippen LogP contribution in [-0.4, -0.2) is 5.78 Å². The zero-order valence-electron chi connectivity index (χ0n) is 11.6. The lowest BCUT2D eigenvalue weighted by molar-refractivity contribution is -0.120. The summed E-state index contributed by atoms with van der Waals surface area (Å²) in [5.74, 6) is 0.0212. The number of hydrogen-bond donors (Lipinski definition) is 0. The molecule has 0 aliphatic heterocycles. The summed E-state index contributed by atoms with van der Waals surface area (Å²) in [7, 11) is 0. The molecule has 0 heterocycles. The van der Waals surface area contributed by atoms with Gasteiger partial charge in [0.2, 0.25) is 0 Å². The minimum absolute atomic E-state index is 0.101. The Morgan fingerprint density at radius 3 is 2.63 bits per heavy atom. The van der Waals surface area contributed by atoms with Gasteiger partial charge in [0.05, 0.1) is 6.07 Å². The van der Waals surface area contributed by atoms with Crippen molar-refractivity contribution >= 4 is 5.78 Å². The summed E-state index contributed by atoms with van der Waals surface area (Å²) in [6.07, 6.45) is 6.64. The SMILES string of the molecule is Cc1ccccc1C(C#N)C(=O)CC1CCCCC1. The van der Waals surface area contributed by atoms with Crippen LogP contribution in [0.4, 0.5) is 0 Å². The van der Waals surface area contributed by atoms with Crippen LogP contribution in [0.15, 0.2) is 24.3 Å². The van der Waals surface area contributed by atoms with E-state index in [1.165, 1.54) is 19.3 Å². The predicted octanol–water partition coefficient (Wildman–Crippen LogP) is 4.14. The van der Waals surface area contributed by atoms with E-state index in [-0.39, 0.29) is 5.78 Å². The number of rotatable bonds is 4. The summed E-state index contributed by atoms with van der Waals surface area (Å²) in [4.78, 5) is 12.4. The number of carbonyl (C=O) groups is 1. The number of carbonyl (C=O) groups excluding carboxylic acids is 1. The summed E-state index contributed by atoms with van der Waals surface area (Å²) >= 11 is 0. The minimum Gasteiger partial charge on any atom is -0.298 e. The maximum absolute atomic E-state index is 12.4. The van der Waals surface area contributed by atoms with E-state index in [2.05, 4.69) is 6.07 Å². The van der Waals surface area contributed by atoms with Crippen LogP contribution in [0.1, 0.15) is 55.6 Å². The van der Waals surface area contributed by atoms with Crippen molar-refractivity contribution in [2.75, 3.05) is 0 Å². The molecule has 1 saturated carbocycles. The fourth-order valence-corrected chi connectivity index (χ4v) is 3.02. The van der Waals surface area contributed by atoms with Gasteiger partial charge >= 0.3 is 0 Å². The van der Waals surface area contributed by atoms with Crippen molar-refractivity contribution in [1.82, 2.24) is 0 Å². The third-order valence-electron chi connectivity index (χ3n) is 4.17. The van der Waals surface area contributed by atoms with E-state index in [1.807, 2.05) is 31.2 Å². The van der Waals surface area contributed by atoms with Crippen molar-refractivity contribution in [1.29, 1.82) is 5.26 Å². The molecule has 0 aromatic heterocycles. The van der Waals surface area contributed by atoms with Crippen molar-refractivity contribution < 1.29 is 4.79 Å². The zero-order chi connectivity index (χ0) is 13.7. The molecule has 0 spiro atoms. The molecule has 1 fully saturated rings. The number of nitriles is 1. The molecule has 1 unspecified atom stereocenters. The Bertz CT molecular complexity index is 480. The van der Waals surface area contributed by atoms with Crippen molar-refractivity contribution in [3.63, 3.8) is 0 Å². The third kappa shape index (κ3) is 3.44. The molecule has 0 amide bonds. The molecule has 0 radical (unpaired) electrons. The van der Waals surface area contributed by atoms with Crippen LogP contribution in [0.3, 0.4) is 0 Å². The van der Waals surface area contributed by atoms with Crippen LogP contribution in [-0.2, 0) is 4.79 Å².